The third kappa shape index (κ3) is 4.04. The second-order valence-electron chi connectivity index (χ2n) is 7.45. The molecule has 1 amide bonds. The first-order valence-corrected chi connectivity index (χ1v) is 9.89. The quantitative estimate of drug-likeness (QED) is 0.675. The molecular formula is C20H25N7O2. The molecule has 29 heavy (non-hydrogen) atoms. The van der Waals surface area contributed by atoms with Gasteiger partial charge in [0.1, 0.15) is 0 Å². The van der Waals surface area contributed by atoms with Gasteiger partial charge in [-0.05, 0) is 44.5 Å². The minimum absolute atomic E-state index is 0.140. The summed E-state index contributed by atoms with van der Waals surface area (Å²) in [5.74, 6) is 1.31. The maximum atomic E-state index is 12.6. The number of rotatable bonds is 5. The standard InChI is InChI=1S/C20H25N7O2/c1-13-4-3-5-15-17(13)22-12-27(19(15)29)11-8-16(28)23-20-24-18(25-26(20)2)14-6-9-21-10-7-14/h3-5,12,14,21H,6-11H2,1-2H3,(H,23,24,25,28). The normalized spacial score (nSPS) is 15.0. The van der Waals surface area contributed by atoms with Crippen molar-refractivity contribution in [3.63, 3.8) is 0 Å². The maximum absolute atomic E-state index is 12.6. The lowest BCUT2D eigenvalue weighted by Crippen LogP contribution is -2.27. The van der Waals surface area contributed by atoms with E-state index < -0.39 is 0 Å². The second-order valence-corrected chi connectivity index (χ2v) is 7.45. The molecule has 1 fully saturated rings. The van der Waals surface area contributed by atoms with Crippen LogP contribution in [0.15, 0.2) is 29.3 Å². The van der Waals surface area contributed by atoms with Crippen LogP contribution in [0.3, 0.4) is 0 Å². The Bertz CT molecular complexity index is 1100. The zero-order valence-electron chi connectivity index (χ0n) is 16.7. The molecule has 4 rings (SSSR count). The van der Waals surface area contributed by atoms with Crippen LogP contribution in [0.2, 0.25) is 0 Å². The summed E-state index contributed by atoms with van der Waals surface area (Å²) in [6, 6.07) is 5.52. The highest BCUT2D eigenvalue weighted by molar-refractivity contribution is 5.89. The first-order valence-electron chi connectivity index (χ1n) is 9.89. The van der Waals surface area contributed by atoms with Gasteiger partial charge in [-0.15, -0.1) is 0 Å². The fourth-order valence-corrected chi connectivity index (χ4v) is 3.67. The first kappa shape index (κ1) is 19.3. The lowest BCUT2D eigenvalue weighted by atomic mass is 9.98. The molecule has 0 unspecified atom stereocenters. The number of nitrogens with one attached hydrogen (secondary N) is 2. The molecule has 2 aromatic heterocycles. The number of hydrogen-bond acceptors (Lipinski definition) is 6. The molecule has 1 aliphatic rings. The molecule has 0 radical (unpaired) electrons. The summed E-state index contributed by atoms with van der Waals surface area (Å²) in [7, 11) is 1.77. The average molecular weight is 395 g/mol. The second kappa shape index (κ2) is 8.12. The van der Waals surface area contributed by atoms with E-state index in [1.165, 1.54) is 10.9 Å². The van der Waals surface area contributed by atoms with E-state index >= 15 is 0 Å². The Kier molecular flexibility index (Phi) is 5.39. The number of fused-ring (bicyclic) bond motifs is 1. The van der Waals surface area contributed by atoms with Crippen LogP contribution in [0.4, 0.5) is 5.95 Å². The average Bonchev–Trinajstić information content (AvgIpc) is 3.09. The molecule has 0 saturated carbocycles. The van der Waals surface area contributed by atoms with Gasteiger partial charge in [0.2, 0.25) is 11.9 Å². The van der Waals surface area contributed by atoms with Gasteiger partial charge < -0.3 is 5.32 Å². The van der Waals surface area contributed by atoms with Gasteiger partial charge in [-0.3, -0.25) is 19.5 Å². The summed E-state index contributed by atoms with van der Waals surface area (Å²) in [5.41, 5.74) is 1.51. The number of aryl methyl sites for hydroxylation is 3. The van der Waals surface area contributed by atoms with Gasteiger partial charge in [0.25, 0.3) is 5.56 Å². The Morgan fingerprint density at radius 1 is 1.31 bits per heavy atom. The Labute approximate surface area is 168 Å². The van der Waals surface area contributed by atoms with Gasteiger partial charge in [-0.1, -0.05) is 12.1 Å². The first-order chi connectivity index (χ1) is 14.0. The van der Waals surface area contributed by atoms with Crippen LogP contribution in [0.25, 0.3) is 10.9 Å². The van der Waals surface area contributed by atoms with Crippen LogP contribution in [0.5, 0.6) is 0 Å². The predicted molar refractivity (Wildman–Crippen MR) is 110 cm³/mol. The number of amides is 1. The molecule has 0 atom stereocenters. The van der Waals surface area contributed by atoms with Gasteiger partial charge in [0, 0.05) is 25.9 Å². The fraction of sp³-hybridized carbons (Fsp3) is 0.450. The van der Waals surface area contributed by atoms with E-state index in [-0.39, 0.29) is 24.4 Å². The lowest BCUT2D eigenvalue weighted by Gasteiger charge is -2.19. The Morgan fingerprint density at radius 3 is 2.90 bits per heavy atom. The Morgan fingerprint density at radius 2 is 2.10 bits per heavy atom. The van der Waals surface area contributed by atoms with Crippen molar-refractivity contribution in [2.45, 2.75) is 38.6 Å². The maximum Gasteiger partial charge on any atom is 0.261 e. The van der Waals surface area contributed by atoms with Crippen molar-refractivity contribution in [1.82, 2.24) is 29.6 Å². The van der Waals surface area contributed by atoms with Crippen molar-refractivity contribution in [3.8, 4) is 0 Å². The van der Waals surface area contributed by atoms with Crippen molar-refractivity contribution in [1.29, 1.82) is 0 Å². The number of anilines is 1. The number of piperidine rings is 1. The highest BCUT2D eigenvalue weighted by Crippen LogP contribution is 2.23. The van der Waals surface area contributed by atoms with Gasteiger partial charge in [-0.2, -0.15) is 10.1 Å². The molecule has 3 aromatic rings. The number of hydrogen-bond donors (Lipinski definition) is 2. The zero-order chi connectivity index (χ0) is 20.4. The van der Waals surface area contributed by atoms with E-state index in [1.54, 1.807) is 17.8 Å². The lowest BCUT2D eigenvalue weighted by molar-refractivity contribution is -0.116. The number of nitrogens with zero attached hydrogens (tertiary/aromatic N) is 5. The SMILES string of the molecule is Cc1cccc2c(=O)n(CCC(=O)Nc3nc(C4CCNCC4)nn3C)cnc12. The molecule has 152 valence electrons. The van der Waals surface area contributed by atoms with E-state index in [1.807, 2.05) is 19.1 Å². The molecule has 3 heterocycles. The molecule has 9 heteroatoms. The largest absolute Gasteiger partial charge is 0.317 e. The third-order valence-corrected chi connectivity index (χ3v) is 5.37. The highest BCUT2D eigenvalue weighted by Gasteiger charge is 2.21. The van der Waals surface area contributed by atoms with Crippen LogP contribution in [0.1, 0.15) is 36.6 Å². The molecule has 0 aliphatic carbocycles. The summed E-state index contributed by atoms with van der Waals surface area (Å²) in [6.07, 6.45) is 3.64. The van der Waals surface area contributed by atoms with Gasteiger partial charge in [0.05, 0.1) is 17.2 Å². The summed E-state index contributed by atoms with van der Waals surface area (Å²) in [6.45, 7) is 4.09. The molecule has 2 N–H and O–H groups in total. The fourth-order valence-electron chi connectivity index (χ4n) is 3.67. The number of para-hydroxylation sites is 1. The van der Waals surface area contributed by atoms with E-state index in [4.69, 9.17) is 0 Å². The molecule has 0 spiro atoms. The monoisotopic (exact) mass is 395 g/mol. The van der Waals surface area contributed by atoms with Crippen molar-refractivity contribution >= 4 is 22.8 Å². The number of carbonyl (C=O) groups is 1. The molecule has 0 bridgehead atoms. The van der Waals surface area contributed by atoms with E-state index in [9.17, 15) is 9.59 Å². The predicted octanol–water partition coefficient (Wildman–Crippen LogP) is 1.33. The van der Waals surface area contributed by atoms with Gasteiger partial charge >= 0.3 is 0 Å². The summed E-state index contributed by atoms with van der Waals surface area (Å²) < 4.78 is 3.07. The number of aromatic nitrogens is 5. The molecule has 1 aliphatic heterocycles. The van der Waals surface area contributed by atoms with Crippen LogP contribution in [-0.2, 0) is 18.4 Å². The summed E-state index contributed by atoms with van der Waals surface area (Å²) in [5, 5.41) is 11.2. The van der Waals surface area contributed by atoms with Crippen molar-refractivity contribution in [3.05, 3.63) is 46.3 Å². The van der Waals surface area contributed by atoms with Crippen LogP contribution >= 0.6 is 0 Å². The minimum Gasteiger partial charge on any atom is -0.317 e. The van der Waals surface area contributed by atoms with Crippen molar-refractivity contribution in [2.75, 3.05) is 18.4 Å². The molecule has 1 aromatic carbocycles. The van der Waals surface area contributed by atoms with E-state index in [0.29, 0.717) is 22.8 Å². The van der Waals surface area contributed by atoms with Gasteiger partial charge in [0.15, 0.2) is 5.82 Å². The minimum atomic E-state index is -0.214. The third-order valence-electron chi connectivity index (χ3n) is 5.37. The van der Waals surface area contributed by atoms with Crippen LogP contribution in [-0.4, -0.2) is 43.3 Å². The molecular weight excluding hydrogens is 370 g/mol. The molecule has 9 nitrogen and oxygen atoms in total. The van der Waals surface area contributed by atoms with E-state index in [2.05, 4.69) is 25.7 Å². The zero-order valence-corrected chi connectivity index (χ0v) is 16.7. The Balaban J connectivity index is 1.42. The van der Waals surface area contributed by atoms with E-state index in [0.717, 1.165) is 37.3 Å². The van der Waals surface area contributed by atoms with Crippen LogP contribution in [0, 0.1) is 6.92 Å². The molecule has 1 saturated heterocycles. The summed E-state index contributed by atoms with van der Waals surface area (Å²) in [4.78, 5) is 33.9. The van der Waals surface area contributed by atoms with Crippen molar-refractivity contribution in [2.24, 2.45) is 7.05 Å². The van der Waals surface area contributed by atoms with Crippen LogP contribution < -0.4 is 16.2 Å². The number of benzene rings is 1. The smallest absolute Gasteiger partial charge is 0.261 e. The highest BCUT2D eigenvalue weighted by atomic mass is 16.2. The van der Waals surface area contributed by atoms with Gasteiger partial charge in [-0.25, -0.2) is 9.67 Å². The summed E-state index contributed by atoms with van der Waals surface area (Å²) >= 11 is 0. The Hall–Kier alpha value is -3.07. The topological polar surface area (TPSA) is 107 Å². The van der Waals surface area contributed by atoms with Crippen molar-refractivity contribution < 1.29 is 4.79 Å². The number of carbonyl (C=O) groups excluding carboxylic acids is 1.